The summed E-state index contributed by atoms with van der Waals surface area (Å²) in [7, 11) is 1.25. The van der Waals surface area contributed by atoms with Crippen LogP contribution in [0.4, 0.5) is 25.8 Å². The average Bonchev–Trinajstić information content (AvgIpc) is 2.45. The minimum absolute atomic E-state index is 0.0274. The predicted molar refractivity (Wildman–Crippen MR) is 79.5 cm³/mol. The molecule has 0 unspecified atom stereocenters. The maximum atomic E-state index is 13.7. The number of benzene rings is 2. The van der Waals surface area contributed by atoms with Crippen LogP contribution in [-0.2, 0) is 4.74 Å². The number of methoxy groups -OCH3 is 1. The van der Waals surface area contributed by atoms with Gasteiger partial charge in [0.2, 0.25) is 0 Å². The maximum Gasteiger partial charge on any atom is 0.337 e. The first-order chi connectivity index (χ1) is 9.92. The van der Waals surface area contributed by atoms with Gasteiger partial charge in [-0.2, -0.15) is 0 Å². The molecule has 0 aliphatic heterocycles. The third-order valence-corrected chi connectivity index (χ3v) is 3.36. The topological polar surface area (TPSA) is 64.3 Å². The van der Waals surface area contributed by atoms with Crippen molar-refractivity contribution in [3.05, 3.63) is 52.0 Å². The summed E-state index contributed by atoms with van der Waals surface area (Å²) < 4.78 is 31.8. The Hall–Kier alpha value is -2.15. The molecule has 0 saturated carbocycles. The lowest BCUT2D eigenvalue weighted by molar-refractivity contribution is 0.0601. The van der Waals surface area contributed by atoms with E-state index in [1.807, 2.05) is 0 Å². The highest BCUT2D eigenvalue weighted by molar-refractivity contribution is 9.10. The second kappa shape index (κ2) is 6.09. The summed E-state index contributed by atoms with van der Waals surface area (Å²) in [5.74, 6) is -1.78. The minimum Gasteiger partial charge on any atom is -0.465 e. The molecule has 0 spiro atoms. The third kappa shape index (κ3) is 3.30. The summed E-state index contributed by atoms with van der Waals surface area (Å²) in [6.45, 7) is 0. The summed E-state index contributed by atoms with van der Waals surface area (Å²) in [6.07, 6.45) is 0. The Kier molecular flexibility index (Phi) is 4.42. The molecule has 0 aromatic heterocycles. The SMILES string of the molecule is COC(=O)c1ccc(Nc2cc(F)c(Br)cc2F)c(N)c1. The molecule has 21 heavy (non-hydrogen) atoms. The molecule has 0 amide bonds. The zero-order valence-corrected chi connectivity index (χ0v) is 12.5. The number of hydrogen-bond donors (Lipinski definition) is 2. The number of anilines is 3. The molecule has 0 bridgehead atoms. The first-order valence-electron chi connectivity index (χ1n) is 5.81. The molecule has 0 heterocycles. The van der Waals surface area contributed by atoms with Crippen LogP contribution < -0.4 is 11.1 Å². The molecule has 2 aromatic carbocycles. The van der Waals surface area contributed by atoms with Crippen molar-refractivity contribution in [2.24, 2.45) is 0 Å². The van der Waals surface area contributed by atoms with Gasteiger partial charge in [-0.25, -0.2) is 13.6 Å². The molecule has 110 valence electrons. The van der Waals surface area contributed by atoms with Crippen LogP contribution in [0.5, 0.6) is 0 Å². The van der Waals surface area contributed by atoms with Crippen molar-refractivity contribution >= 4 is 39.0 Å². The molecular weight excluding hydrogens is 346 g/mol. The highest BCUT2D eigenvalue weighted by Gasteiger charge is 2.12. The zero-order chi connectivity index (χ0) is 15.6. The molecule has 0 aliphatic rings. The number of esters is 1. The van der Waals surface area contributed by atoms with E-state index in [1.165, 1.54) is 25.3 Å². The average molecular weight is 357 g/mol. The molecule has 7 heteroatoms. The Balaban J connectivity index is 2.32. The third-order valence-electron chi connectivity index (χ3n) is 2.75. The monoisotopic (exact) mass is 356 g/mol. The normalized spacial score (nSPS) is 10.3. The Bertz CT molecular complexity index is 708. The van der Waals surface area contributed by atoms with Gasteiger partial charge in [0.15, 0.2) is 0 Å². The van der Waals surface area contributed by atoms with Crippen LogP contribution in [-0.4, -0.2) is 13.1 Å². The standard InChI is InChI=1S/C14H11BrF2N2O2/c1-21-14(20)7-2-3-12(11(18)4-7)19-13-6-9(16)8(15)5-10(13)17/h2-6,19H,18H2,1H3. The van der Waals surface area contributed by atoms with Crippen LogP contribution in [0.25, 0.3) is 0 Å². The Labute approximate surface area is 128 Å². The van der Waals surface area contributed by atoms with Crippen molar-refractivity contribution in [2.75, 3.05) is 18.2 Å². The van der Waals surface area contributed by atoms with Crippen LogP contribution in [0.15, 0.2) is 34.8 Å². The van der Waals surface area contributed by atoms with E-state index in [-0.39, 0.29) is 21.4 Å². The molecule has 0 radical (unpaired) electrons. The van der Waals surface area contributed by atoms with E-state index in [1.54, 1.807) is 0 Å². The molecule has 0 aliphatic carbocycles. The Morgan fingerprint density at radius 1 is 1.19 bits per heavy atom. The van der Waals surface area contributed by atoms with Gasteiger partial charge >= 0.3 is 5.97 Å². The van der Waals surface area contributed by atoms with Crippen molar-refractivity contribution in [3.8, 4) is 0 Å². The lowest BCUT2D eigenvalue weighted by Crippen LogP contribution is -2.04. The second-order valence-electron chi connectivity index (χ2n) is 4.16. The lowest BCUT2D eigenvalue weighted by Gasteiger charge is -2.12. The fraction of sp³-hybridized carbons (Fsp3) is 0.0714. The number of nitrogens with one attached hydrogen (secondary N) is 1. The first-order valence-corrected chi connectivity index (χ1v) is 6.61. The zero-order valence-electron chi connectivity index (χ0n) is 10.9. The smallest absolute Gasteiger partial charge is 0.337 e. The van der Waals surface area contributed by atoms with Crippen LogP contribution >= 0.6 is 15.9 Å². The summed E-state index contributed by atoms with van der Waals surface area (Å²) in [4.78, 5) is 11.4. The summed E-state index contributed by atoms with van der Waals surface area (Å²) in [6, 6.07) is 6.36. The molecule has 0 atom stereocenters. The van der Waals surface area contributed by atoms with Gasteiger partial charge in [0, 0.05) is 6.07 Å². The summed E-state index contributed by atoms with van der Waals surface area (Å²) in [5, 5.41) is 2.68. The largest absolute Gasteiger partial charge is 0.465 e. The van der Waals surface area contributed by atoms with Gasteiger partial charge in [0.1, 0.15) is 11.6 Å². The van der Waals surface area contributed by atoms with E-state index >= 15 is 0 Å². The van der Waals surface area contributed by atoms with Gasteiger partial charge in [-0.15, -0.1) is 0 Å². The van der Waals surface area contributed by atoms with Gasteiger partial charge in [-0.1, -0.05) is 0 Å². The number of ether oxygens (including phenoxy) is 1. The van der Waals surface area contributed by atoms with E-state index in [0.29, 0.717) is 5.69 Å². The van der Waals surface area contributed by atoms with Crippen molar-refractivity contribution in [1.29, 1.82) is 0 Å². The van der Waals surface area contributed by atoms with E-state index in [4.69, 9.17) is 5.73 Å². The number of rotatable bonds is 3. The predicted octanol–water partition coefficient (Wildman–Crippen LogP) is 3.84. The van der Waals surface area contributed by atoms with E-state index in [0.717, 1.165) is 12.1 Å². The number of carbonyl (C=O) groups excluding carboxylic acids is 1. The van der Waals surface area contributed by atoms with Crippen molar-refractivity contribution in [2.45, 2.75) is 0 Å². The number of nitrogen functional groups attached to an aromatic ring is 1. The highest BCUT2D eigenvalue weighted by Crippen LogP contribution is 2.29. The van der Waals surface area contributed by atoms with Crippen LogP contribution in [0, 0.1) is 11.6 Å². The van der Waals surface area contributed by atoms with Crippen LogP contribution in [0.2, 0.25) is 0 Å². The molecule has 3 N–H and O–H groups in total. The first kappa shape index (κ1) is 15.2. The maximum absolute atomic E-state index is 13.7. The van der Waals surface area contributed by atoms with E-state index in [9.17, 15) is 13.6 Å². The molecule has 0 fully saturated rings. The second-order valence-corrected chi connectivity index (χ2v) is 5.02. The van der Waals surface area contributed by atoms with Crippen LogP contribution in [0.1, 0.15) is 10.4 Å². The molecule has 0 saturated heterocycles. The van der Waals surface area contributed by atoms with Gasteiger partial charge in [0.05, 0.1) is 34.2 Å². The molecule has 2 rings (SSSR count). The summed E-state index contributed by atoms with van der Waals surface area (Å²) in [5.41, 5.74) is 6.55. The van der Waals surface area contributed by atoms with Crippen molar-refractivity contribution < 1.29 is 18.3 Å². The lowest BCUT2D eigenvalue weighted by atomic mass is 10.1. The van der Waals surface area contributed by atoms with Crippen LogP contribution in [0.3, 0.4) is 0 Å². The fourth-order valence-electron chi connectivity index (χ4n) is 1.68. The Morgan fingerprint density at radius 3 is 2.52 bits per heavy atom. The Morgan fingerprint density at radius 2 is 1.90 bits per heavy atom. The quantitative estimate of drug-likeness (QED) is 0.498. The number of hydrogen-bond acceptors (Lipinski definition) is 4. The number of nitrogens with two attached hydrogens (primary N) is 1. The fourth-order valence-corrected chi connectivity index (χ4v) is 2.00. The van der Waals surface area contributed by atoms with E-state index < -0.39 is 17.6 Å². The van der Waals surface area contributed by atoms with Gasteiger partial charge < -0.3 is 15.8 Å². The highest BCUT2D eigenvalue weighted by atomic mass is 79.9. The van der Waals surface area contributed by atoms with Gasteiger partial charge in [-0.05, 0) is 40.2 Å². The van der Waals surface area contributed by atoms with Gasteiger partial charge in [0.25, 0.3) is 0 Å². The van der Waals surface area contributed by atoms with Crippen molar-refractivity contribution in [3.63, 3.8) is 0 Å². The van der Waals surface area contributed by atoms with E-state index in [2.05, 4.69) is 26.0 Å². The van der Waals surface area contributed by atoms with Gasteiger partial charge in [-0.3, -0.25) is 0 Å². The molecule has 2 aromatic rings. The summed E-state index contributed by atoms with van der Waals surface area (Å²) >= 11 is 2.89. The number of halogens is 3. The number of carbonyl (C=O) groups is 1. The molecule has 4 nitrogen and oxygen atoms in total. The van der Waals surface area contributed by atoms with Crippen molar-refractivity contribution in [1.82, 2.24) is 0 Å². The molecular formula is C14H11BrF2N2O2. The minimum atomic E-state index is -0.639.